The van der Waals surface area contributed by atoms with Crippen molar-refractivity contribution in [2.75, 3.05) is 25.6 Å². The van der Waals surface area contributed by atoms with Crippen molar-refractivity contribution in [3.63, 3.8) is 0 Å². The molecule has 1 aromatic carbocycles. The van der Waals surface area contributed by atoms with E-state index in [1.54, 1.807) is 6.07 Å². The van der Waals surface area contributed by atoms with Crippen molar-refractivity contribution < 1.29 is 9.13 Å². The smallest absolute Gasteiger partial charge is 0.123 e. The second kappa shape index (κ2) is 5.88. The van der Waals surface area contributed by atoms with E-state index in [4.69, 9.17) is 4.74 Å². The van der Waals surface area contributed by atoms with Crippen LogP contribution in [0.15, 0.2) is 18.2 Å². The van der Waals surface area contributed by atoms with Crippen molar-refractivity contribution in [2.45, 2.75) is 38.5 Å². The lowest BCUT2D eigenvalue weighted by molar-refractivity contribution is 0.118. The summed E-state index contributed by atoms with van der Waals surface area (Å²) in [6.45, 7) is 4.94. The molecule has 0 radical (unpaired) electrons. The lowest BCUT2D eigenvalue weighted by Gasteiger charge is -2.32. The molecule has 3 nitrogen and oxygen atoms in total. The van der Waals surface area contributed by atoms with Crippen molar-refractivity contribution in [1.82, 2.24) is 5.32 Å². The van der Waals surface area contributed by atoms with Gasteiger partial charge < -0.3 is 15.0 Å². The molecule has 1 heterocycles. The highest BCUT2D eigenvalue weighted by atomic mass is 19.1. The Labute approximate surface area is 114 Å². The summed E-state index contributed by atoms with van der Waals surface area (Å²) in [5.74, 6) is -0.190. The summed E-state index contributed by atoms with van der Waals surface area (Å²) in [4.78, 5) is 2.22. The van der Waals surface area contributed by atoms with Gasteiger partial charge in [0.15, 0.2) is 0 Å². The maximum absolute atomic E-state index is 13.5. The number of anilines is 1. The van der Waals surface area contributed by atoms with Crippen LogP contribution in [0.3, 0.4) is 0 Å². The molecule has 0 aliphatic carbocycles. The van der Waals surface area contributed by atoms with E-state index in [0.29, 0.717) is 6.04 Å². The number of ether oxygens (including phenoxy) is 1. The van der Waals surface area contributed by atoms with Crippen LogP contribution < -0.4 is 10.2 Å². The molecule has 1 aliphatic heterocycles. The molecular weight excluding hydrogens is 243 g/mol. The van der Waals surface area contributed by atoms with Crippen molar-refractivity contribution >= 4 is 5.69 Å². The fourth-order valence-electron chi connectivity index (χ4n) is 2.76. The van der Waals surface area contributed by atoms with Crippen LogP contribution in [-0.4, -0.2) is 32.8 Å². The van der Waals surface area contributed by atoms with Gasteiger partial charge in [-0.1, -0.05) is 0 Å². The molecule has 1 aliphatic rings. The average molecular weight is 266 g/mol. The van der Waals surface area contributed by atoms with Crippen LogP contribution in [0.5, 0.6) is 0 Å². The molecule has 0 aromatic heterocycles. The Balaban J connectivity index is 2.32. The third-order valence-corrected chi connectivity index (χ3v) is 4.10. The van der Waals surface area contributed by atoms with Crippen LogP contribution in [-0.2, 0) is 4.74 Å². The van der Waals surface area contributed by atoms with E-state index in [1.165, 1.54) is 6.07 Å². The highest BCUT2D eigenvalue weighted by Crippen LogP contribution is 2.31. The van der Waals surface area contributed by atoms with Gasteiger partial charge in [0.1, 0.15) is 5.82 Å². The van der Waals surface area contributed by atoms with Gasteiger partial charge in [-0.05, 0) is 51.1 Å². The number of halogens is 1. The molecule has 1 aromatic rings. The van der Waals surface area contributed by atoms with E-state index >= 15 is 0 Å². The van der Waals surface area contributed by atoms with Gasteiger partial charge in [-0.2, -0.15) is 0 Å². The number of rotatable bonds is 4. The SMILES string of the molecule is CNC(C)c1cc(F)ccc1N(C)C1CCOC1C. The van der Waals surface area contributed by atoms with E-state index < -0.39 is 0 Å². The first kappa shape index (κ1) is 14.3. The average Bonchev–Trinajstić information content (AvgIpc) is 2.83. The number of nitrogens with zero attached hydrogens (tertiary/aromatic N) is 1. The van der Waals surface area contributed by atoms with Gasteiger partial charge in [0.2, 0.25) is 0 Å². The van der Waals surface area contributed by atoms with Crippen molar-refractivity contribution in [3.05, 3.63) is 29.6 Å². The van der Waals surface area contributed by atoms with Gasteiger partial charge in [0, 0.05) is 25.4 Å². The summed E-state index contributed by atoms with van der Waals surface area (Å²) in [5.41, 5.74) is 2.06. The zero-order valence-electron chi connectivity index (χ0n) is 12.1. The first-order valence-corrected chi connectivity index (χ1v) is 6.85. The third-order valence-electron chi connectivity index (χ3n) is 4.10. The van der Waals surface area contributed by atoms with Crippen LogP contribution >= 0.6 is 0 Å². The van der Waals surface area contributed by atoms with Crippen LogP contribution in [0, 0.1) is 5.82 Å². The summed E-state index contributed by atoms with van der Waals surface area (Å²) in [5, 5.41) is 3.18. The number of hydrogen-bond donors (Lipinski definition) is 1. The van der Waals surface area contributed by atoms with Crippen molar-refractivity contribution in [3.8, 4) is 0 Å². The Morgan fingerprint density at radius 3 is 2.79 bits per heavy atom. The molecule has 0 saturated carbocycles. The van der Waals surface area contributed by atoms with Crippen LogP contribution in [0.25, 0.3) is 0 Å². The summed E-state index contributed by atoms with van der Waals surface area (Å²) in [7, 11) is 3.95. The van der Waals surface area contributed by atoms with Gasteiger partial charge in [-0.3, -0.25) is 0 Å². The molecule has 0 bridgehead atoms. The van der Waals surface area contributed by atoms with Gasteiger partial charge in [0.05, 0.1) is 12.1 Å². The standard InChI is InChI=1S/C15H23FN2O/c1-10(17-3)13-9-12(16)5-6-15(13)18(4)14-7-8-19-11(14)2/h5-6,9-11,14,17H,7-8H2,1-4H3. The van der Waals surface area contributed by atoms with E-state index in [-0.39, 0.29) is 18.0 Å². The van der Waals surface area contributed by atoms with Gasteiger partial charge in [-0.25, -0.2) is 4.39 Å². The highest BCUT2D eigenvalue weighted by Gasteiger charge is 2.29. The third kappa shape index (κ3) is 2.90. The lowest BCUT2D eigenvalue weighted by Crippen LogP contribution is -2.37. The normalized spacial score (nSPS) is 24.5. The minimum Gasteiger partial charge on any atom is -0.376 e. The molecule has 2 rings (SSSR count). The molecule has 3 unspecified atom stereocenters. The first-order chi connectivity index (χ1) is 9.04. The summed E-state index contributed by atoms with van der Waals surface area (Å²) in [6.07, 6.45) is 1.23. The van der Waals surface area contributed by atoms with E-state index in [1.807, 2.05) is 20.0 Å². The molecule has 106 valence electrons. The summed E-state index contributed by atoms with van der Waals surface area (Å²) in [6, 6.07) is 5.48. The second-order valence-corrected chi connectivity index (χ2v) is 5.26. The minimum absolute atomic E-state index is 0.116. The predicted octanol–water partition coefficient (Wildman–Crippen LogP) is 2.72. The fourth-order valence-corrected chi connectivity index (χ4v) is 2.76. The molecule has 19 heavy (non-hydrogen) atoms. The molecule has 3 atom stereocenters. The zero-order valence-corrected chi connectivity index (χ0v) is 12.1. The Hall–Kier alpha value is -1.13. The summed E-state index contributed by atoms with van der Waals surface area (Å²) >= 11 is 0. The van der Waals surface area contributed by atoms with Crippen LogP contribution in [0.2, 0.25) is 0 Å². The van der Waals surface area contributed by atoms with E-state index in [0.717, 1.165) is 24.3 Å². The number of likely N-dealkylation sites (N-methyl/N-ethyl adjacent to an activating group) is 1. The Morgan fingerprint density at radius 1 is 1.47 bits per heavy atom. The van der Waals surface area contributed by atoms with Crippen molar-refractivity contribution in [1.29, 1.82) is 0 Å². The van der Waals surface area contributed by atoms with E-state index in [9.17, 15) is 4.39 Å². The predicted molar refractivity (Wildman–Crippen MR) is 76.1 cm³/mol. The van der Waals surface area contributed by atoms with Gasteiger partial charge in [0.25, 0.3) is 0 Å². The number of benzene rings is 1. The molecule has 0 amide bonds. The zero-order chi connectivity index (χ0) is 14.0. The van der Waals surface area contributed by atoms with Gasteiger partial charge >= 0.3 is 0 Å². The maximum Gasteiger partial charge on any atom is 0.123 e. The summed E-state index contributed by atoms with van der Waals surface area (Å²) < 4.78 is 19.1. The van der Waals surface area contributed by atoms with Crippen molar-refractivity contribution in [2.24, 2.45) is 0 Å². The monoisotopic (exact) mass is 266 g/mol. The molecular formula is C15H23FN2O. The lowest BCUT2D eigenvalue weighted by atomic mass is 10.0. The fraction of sp³-hybridized carbons (Fsp3) is 0.600. The molecule has 1 saturated heterocycles. The first-order valence-electron chi connectivity index (χ1n) is 6.85. The molecule has 4 heteroatoms. The minimum atomic E-state index is -0.190. The maximum atomic E-state index is 13.5. The Morgan fingerprint density at radius 2 is 2.21 bits per heavy atom. The van der Waals surface area contributed by atoms with Crippen LogP contribution in [0.4, 0.5) is 10.1 Å². The van der Waals surface area contributed by atoms with Crippen LogP contribution in [0.1, 0.15) is 31.9 Å². The number of hydrogen-bond acceptors (Lipinski definition) is 3. The largest absolute Gasteiger partial charge is 0.376 e. The van der Waals surface area contributed by atoms with E-state index in [2.05, 4.69) is 24.2 Å². The quantitative estimate of drug-likeness (QED) is 0.907. The highest BCUT2D eigenvalue weighted by molar-refractivity contribution is 5.55. The topological polar surface area (TPSA) is 24.5 Å². The Kier molecular flexibility index (Phi) is 4.42. The van der Waals surface area contributed by atoms with Gasteiger partial charge in [-0.15, -0.1) is 0 Å². The molecule has 0 spiro atoms. The second-order valence-electron chi connectivity index (χ2n) is 5.26. The molecule has 1 fully saturated rings. The number of nitrogens with one attached hydrogen (secondary N) is 1. The Bertz CT molecular complexity index is 438. The molecule has 1 N–H and O–H groups in total.